The molecular weight excluding hydrogens is 373 g/mol. The molecule has 3 rings (SSSR count). The Morgan fingerprint density at radius 2 is 1.88 bits per heavy atom. The van der Waals surface area contributed by atoms with Crippen molar-refractivity contribution in [3.63, 3.8) is 0 Å². The molecule has 0 aromatic heterocycles. The normalized spacial score (nSPS) is 20.5. The fourth-order valence-corrected chi connectivity index (χ4v) is 3.41. The van der Waals surface area contributed by atoms with Gasteiger partial charge < -0.3 is 20.3 Å². The van der Waals surface area contributed by atoms with Crippen molar-refractivity contribution in [3.05, 3.63) is 29.8 Å². The highest BCUT2D eigenvalue weighted by atomic mass is 35.5. The van der Waals surface area contributed by atoms with Crippen LogP contribution in [0.15, 0.2) is 24.3 Å². The fourth-order valence-electron chi connectivity index (χ4n) is 3.41. The number of carbonyl (C=O) groups is 1. The van der Waals surface area contributed by atoms with Crippen LogP contribution in [0.25, 0.3) is 0 Å². The number of morpholine rings is 1. The second kappa shape index (κ2) is 12.5. The highest BCUT2D eigenvalue weighted by molar-refractivity contribution is 5.91. The lowest BCUT2D eigenvalue weighted by Gasteiger charge is -2.26. The third-order valence-electron chi connectivity index (χ3n) is 4.83. The molecule has 5 nitrogen and oxygen atoms in total. The van der Waals surface area contributed by atoms with Gasteiger partial charge in [0.05, 0.1) is 13.2 Å². The summed E-state index contributed by atoms with van der Waals surface area (Å²) in [5.74, 6) is 0.0408. The van der Waals surface area contributed by atoms with E-state index in [9.17, 15) is 4.79 Å². The van der Waals surface area contributed by atoms with E-state index in [1.54, 1.807) is 0 Å². The molecule has 2 N–H and O–H groups in total. The average molecular weight is 404 g/mol. The summed E-state index contributed by atoms with van der Waals surface area (Å²) in [5.41, 5.74) is 2.21. The van der Waals surface area contributed by atoms with E-state index >= 15 is 0 Å². The van der Waals surface area contributed by atoms with Crippen molar-refractivity contribution in [2.24, 2.45) is 0 Å². The monoisotopic (exact) mass is 403 g/mol. The van der Waals surface area contributed by atoms with Crippen LogP contribution >= 0.6 is 24.8 Å². The van der Waals surface area contributed by atoms with Gasteiger partial charge in [-0.3, -0.25) is 4.79 Å². The zero-order valence-electron chi connectivity index (χ0n) is 15.2. The van der Waals surface area contributed by atoms with Crippen molar-refractivity contribution >= 4 is 36.4 Å². The molecule has 7 heteroatoms. The maximum absolute atomic E-state index is 12.1. The first kappa shape index (κ1) is 23.2. The van der Waals surface area contributed by atoms with Crippen LogP contribution < -0.4 is 10.6 Å². The number of halogens is 2. The molecule has 0 saturated carbocycles. The van der Waals surface area contributed by atoms with Crippen LogP contribution in [0.1, 0.15) is 31.2 Å². The molecule has 0 bridgehead atoms. The van der Waals surface area contributed by atoms with E-state index in [-0.39, 0.29) is 36.8 Å². The Morgan fingerprint density at radius 3 is 2.54 bits per heavy atom. The van der Waals surface area contributed by atoms with Gasteiger partial charge in [0.15, 0.2) is 0 Å². The number of nitrogens with one attached hydrogen (secondary N) is 2. The lowest BCUT2D eigenvalue weighted by atomic mass is 10.1. The molecule has 2 heterocycles. The number of hydrogen-bond acceptors (Lipinski definition) is 4. The summed E-state index contributed by atoms with van der Waals surface area (Å²) in [7, 11) is 0. The molecule has 0 radical (unpaired) electrons. The number of anilines is 1. The van der Waals surface area contributed by atoms with Crippen LogP contribution in [0, 0.1) is 0 Å². The Hall–Kier alpha value is -0.850. The summed E-state index contributed by atoms with van der Waals surface area (Å²) in [6, 6.07) is 8.40. The van der Waals surface area contributed by atoms with Crippen LogP contribution in [0.2, 0.25) is 0 Å². The average Bonchev–Trinajstić information content (AvgIpc) is 2.63. The van der Waals surface area contributed by atoms with E-state index in [0.717, 1.165) is 31.8 Å². The molecule has 2 aliphatic rings. The second-order valence-electron chi connectivity index (χ2n) is 6.83. The minimum Gasteiger partial charge on any atom is -0.378 e. The minimum absolute atomic E-state index is 0. The molecular formula is C19H31Cl2N3O2. The molecule has 1 aromatic carbocycles. The third kappa shape index (κ3) is 7.80. The van der Waals surface area contributed by atoms with Crippen molar-refractivity contribution in [1.82, 2.24) is 10.2 Å². The Balaban J connectivity index is 0.00000169. The first-order chi connectivity index (χ1) is 11.8. The van der Waals surface area contributed by atoms with E-state index in [0.29, 0.717) is 13.0 Å². The van der Waals surface area contributed by atoms with E-state index in [1.807, 2.05) is 12.1 Å². The molecule has 2 aliphatic heterocycles. The number of hydrogen-bond donors (Lipinski definition) is 2. The van der Waals surface area contributed by atoms with Crippen LogP contribution in [-0.4, -0.2) is 56.2 Å². The molecule has 0 spiro atoms. The lowest BCUT2D eigenvalue weighted by Crippen LogP contribution is -2.43. The molecule has 0 aliphatic carbocycles. The molecule has 2 saturated heterocycles. The highest BCUT2D eigenvalue weighted by Crippen LogP contribution is 2.13. The standard InChI is InChI=1S/C19H29N3O2.2ClH/c23-19(14-18-15-24-13-9-20-18)21-17-6-4-16(5-7-17)8-12-22-10-2-1-3-11-22;;/h4-7,18,20H,1-3,8-15H2,(H,21,23);2*1H. The smallest absolute Gasteiger partial charge is 0.226 e. The zero-order chi connectivity index (χ0) is 16.6. The maximum atomic E-state index is 12.1. The molecule has 1 atom stereocenters. The van der Waals surface area contributed by atoms with E-state index in [2.05, 4.69) is 27.7 Å². The number of rotatable bonds is 6. The summed E-state index contributed by atoms with van der Waals surface area (Å²) in [6.45, 7) is 5.79. The van der Waals surface area contributed by atoms with Gasteiger partial charge >= 0.3 is 0 Å². The molecule has 1 amide bonds. The van der Waals surface area contributed by atoms with Crippen molar-refractivity contribution in [2.75, 3.05) is 44.7 Å². The van der Waals surface area contributed by atoms with Gasteiger partial charge in [-0.2, -0.15) is 0 Å². The summed E-state index contributed by atoms with van der Waals surface area (Å²) < 4.78 is 5.38. The number of nitrogens with zero attached hydrogens (tertiary/aromatic N) is 1. The Bertz CT molecular complexity index is 516. The molecule has 148 valence electrons. The first-order valence-electron chi connectivity index (χ1n) is 9.22. The number of amides is 1. The number of piperidine rings is 1. The van der Waals surface area contributed by atoms with Crippen molar-refractivity contribution in [2.45, 2.75) is 38.1 Å². The van der Waals surface area contributed by atoms with Gasteiger partial charge in [0, 0.05) is 31.2 Å². The summed E-state index contributed by atoms with van der Waals surface area (Å²) in [5, 5.41) is 6.28. The topological polar surface area (TPSA) is 53.6 Å². The summed E-state index contributed by atoms with van der Waals surface area (Å²) in [4.78, 5) is 14.6. The second-order valence-corrected chi connectivity index (χ2v) is 6.83. The molecule has 26 heavy (non-hydrogen) atoms. The van der Waals surface area contributed by atoms with E-state index in [4.69, 9.17) is 4.74 Å². The van der Waals surface area contributed by atoms with Gasteiger partial charge in [0.1, 0.15) is 0 Å². The largest absolute Gasteiger partial charge is 0.378 e. The predicted molar refractivity (Wildman–Crippen MR) is 111 cm³/mol. The van der Waals surface area contributed by atoms with Gasteiger partial charge in [-0.25, -0.2) is 0 Å². The van der Waals surface area contributed by atoms with Crippen molar-refractivity contribution in [3.8, 4) is 0 Å². The number of benzene rings is 1. The number of ether oxygens (including phenoxy) is 1. The molecule has 1 aromatic rings. The minimum atomic E-state index is 0. The van der Waals surface area contributed by atoms with Gasteiger partial charge in [-0.05, 0) is 50.0 Å². The third-order valence-corrected chi connectivity index (χ3v) is 4.83. The molecule has 2 fully saturated rings. The van der Waals surface area contributed by atoms with Gasteiger partial charge in [-0.1, -0.05) is 18.6 Å². The van der Waals surface area contributed by atoms with Gasteiger partial charge in [-0.15, -0.1) is 24.8 Å². The van der Waals surface area contributed by atoms with Crippen molar-refractivity contribution in [1.29, 1.82) is 0 Å². The van der Waals surface area contributed by atoms with Gasteiger partial charge in [0.25, 0.3) is 0 Å². The van der Waals surface area contributed by atoms with Crippen LogP contribution in [0.4, 0.5) is 5.69 Å². The van der Waals surface area contributed by atoms with Crippen LogP contribution in [-0.2, 0) is 16.0 Å². The Morgan fingerprint density at radius 1 is 1.15 bits per heavy atom. The summed E-state index contributed by atoms with van der Waals surface area (Å²) >= 11 is 0. The zero-order valence-corrected chi connectivity index (χ0v) is 16.9. The first-order valence-corrected chi connectivity index (χ1v) is 9.22. The Labute approximate surface area is 169 Å². The number of likely N-dealkylation sites (tertiary alicyclic amines) is 1. The van der Waals surface area contributed by atoms with E-state index < -0.39 is 0 Å². The van der Waals surface area contributed by atoms with Crippen LogP contribution in [0.5, 0.6) is 0 Å². The van der Waals surface area contributed by atoms with E-state index in [1.165, 1.54) is 37.9 Å². The Kier molecular flexibility index (Phi) is 11.2. The van der Waals surface area contributed by atoms with Crippen molar-refractivity contribution < 1.29 is 9.53 Å². The SMILES string of the molecule is Cl.Cl.O=C(CC1COCCN1)Nc1ccc(CCN2CCCCC2)cc1. The number of carbonyl (C=O) groups excluding carboxylic acids is 1. The lowest BCUT2D eigenvalue weighted by molar-refractivity contribution is -0.117. The van der Waals surface area contributed by atoms with Crippen LogP contribution in [0.3, 0.4) is 0 Å². The van der Waals surface area contributed by atoms with Gasteiger partial charge in [0.2, 0.25) is 5.91 Å². The fraction of sp³-hybridized carbons (Fsp3) is 0.632. The quantitative estimate of drug-likeness (QED) is 0.766. The predicted octanol–water partition coefficient (Wildman–Crippen LogP) is 2.88. The molecule has 1 unspecified atom stereocenters. The summed E-state index contributed by atoms with van der Waals surface area (Å²) in [6.07, 6.45) is 5.60. The maximum Gasteiger partial charge on any atom is 0.226 e. The highest BCUT2D eigenvalue weighted by Gasteiger charge is 2.16.